The van der Waals surface area contributed by atoms with E-state index < -0.39 is 0 Å². The van der Waals surface area contributed by atoms with Crippen molar-refractivity contribution in [2.24, 2.45) is 11.7 Å². The van der Waals surface area contributed by atoms with E-state index in [4.69, 9.17) is 10.5 Å². The average Bonchev–Trinajstić information content (AvgIpc) is 2.46. The number of carbonyl (C=O) groups is 1. The summed E-state index contributed by atoms with van der Waals surface area (Å²) in [5.41, 5.74) is 5.91. The molecule has 2 fully saturated rings. The zero-order chi connectivity index (χ0) is 13.7. The van der Waals surface area contributed by atoms with Crippen LogP contribution in [-0.2, 0) is 9.53 Å². The Hall–Kier alpha value is -0.610. The van der Waals surface area contributed by atoms with Crippen LogP contribution in [0.3, 0.4) is 0 Å². The van der Waals surface area contributed by atoms with Gasteiger partial charge in [-0.3, -0.25) is 4.79 Å². The lowest BCUT2D eigenvalue weighted by Gasteiger charge is -2.32. The first-order valence-electron chi connectivity index (χ1n) is 7.76. The van der Waals surface area contributed by atoms with Crippen molar-refractivity contribution in [1.82, 2.24) is 4.90 Å². The molecular formula is C15H28N2O2. The van der Waals surface area contributed by atoms with E-state index in [9.17, 15) is 4.79 Å². The minimum absolute atomic E-state index is 0.307. The van der Waals surface area contributed by atoms with E-state index in [-0.39, 0.29) is 0 Å². The summed E-state index contributed by atoms with van der Waals surface area (Å²) >= 11 is 0. The molecule has 4 nitrogen and oxygen atoms in total. The molecule has 110 valence electrons. The van der Waals surface area contributed by atoms with Crippen LogP contribution >= 0.6 is 0 Å². The van der Waals surface area contributed by atoms with Crippen LogP contribution in [0, 0.1) is 5.92 Å². The second-order valence-electron chi connectivity index (χ2n) is 6.17. The van der Waals surface area contributed by atoms with Crippen LogP contribution in [0.5, 0.6) is 0 Å². The molecule has 4 heteroatoms. The molecule has 0 atom stereocenters. The third-order valence-electron chi connectivity index (χ3n) is 4.79. The molecule has 0 aromatic carbocycles. The molecule has 2 rings (SSSR count). The van der Waals surface area contributed by atoms with Crippen molar-refractivity contribution in [3.8, 4) is 0 Å². The van der Waals surface area contributed by atoms with Gasteiger partial charge >= 0.3 is 0 Å². The Bertz CT molecular complexity index is 282. The summed E-state index contributed by atoms with van der Waals surface area (Å²) in [5.74, 6) is 1.02. The van der Waals surface area contributed by atoms with Crippen LogP contribution in [0.25, 0.3) is 0 Å². The molecule has 0 aromatic rings. The lowest BCUT2D eigenvalue weighted by molar-refractivity contribution is -0.134. The Morgan fingerprint density at radius 1 is 1.16 bits per heavy atom. The quantitative estimate of drug-likeness (QED) is 0.847. The van der Waals surface area contributed by atoms with Gasteiger partial charge in [-0.1, -0.05) is 0 Å². The second kappa shape index (κ2) is 7.25. The number of hydrogen-bond donors (Lipinski definition) is 1. The van der Waals surface area contributed by atoms with Gasteiger partial charge in [0.25, 0.3) is 0 Å². The summed E-state index contributed by atoms with van der Waals surface area (Å²) in [6.07, 6.45) is 8.39. The second-order valence-corrected chi connectivity index (χ2v) is 6.17. The third-order valence-corrected chi connectivity index (χ3v) is 4.79. The first-order chi connectivity index (χ1) is 9.16. The molecule has 0 aromatic heterocycles. The van der Waals surface area contributed by atoms with E-state index >= 15 is 0 Å². The number of amides is 1. The van der Waals surface area contributed by atoms with Gasteiger partial charge in [-0.2, -0.15) is 0 Å². The Morgan fingerprint density at radius 2 is 1.79 bits per heavy atom. The number of rotatable bonds is 4. The van der Waals surface area contributed by atoms with Gasteiger partial charge < -0.3 is 15.4 Å². The average molecular weight is 268 g/mol. The molecule has 0 unspecified atom stereocenters. The summed E-state index contributed by atoms with van der Waals surface area (Å²) < 4.78 is 5.34. The van der Waals surface area contributed by atoms with E-state index in [1.807, 2.05) is 11.9 Å². The van der Waals surface area contributed by atoms with E-state index in [2.05, 4.69) is 0 Å². The molecule has 1 aliphatic carbocycles. The Labute approximate surface area is 116 Å². The van der Waals surface area contributed by atoms with Gasteiger partial charge in [0.15, 0.2) is 0 Å². The van der Waals surface area contributed by atoms with Crippen molar-refractivity contribution in [3.05, 3.63) is 0 Å². The van der Waals surface area contributed by atoms with E-state index in [0.717, 1.165) is 45.3 Å². The van der Waals surface area contributed by atoms with Gasteiger partial charge in [-0.25, -0.2) is 0 Å². The molecule has 2 aliphatic rings. The lowest BCUT2D eigenvalue weighted by Crippen LogP contribution is -2.40. The first kappa shape index (κ1) is 14.8. The minimum atomic E-state index is 0.307. The van der Waals surface area contributed by atoms with E-state index in [1.54, 1.807) is 0 Å². The Morgan fingerprint density at radius 3 is 2.42 bits per heavy atom. The Balaban J connectivity index is 1.68. The third kappa shape index (κ3) is 4.46. The molecular weight excluding hydrogens is 240 g/mol. The lowest BCUT2D eigenvalue weighted by atomic mass is 9.83. The molecule has 1 saturated carbocycles. The summed E-state index contributed by atoms with van der Waals surface area (Å²) in [6.45, 7) is 1.59. The number of carbonyl (C=O) groups excluding carboxylic acids is 1. The van der Waals surface area contributed by atoms with Gasteiger partial charge in [-0.15, -0.1) is 0 Å². The highest BCUT2D eigenvalue weighted by Crippen LogP contribution is 2.27. The highest BCUT2D eigenvalue weighted by Gasteiger charge is 2.24. The van der Waals surface area contributed by atoms with E-state index in [1.165, 1.54) is 12.8 Å². The normalized spacial score (nSPS) is 29.2. The minimum Gasteiger partial charge on any atom is -0.381 e. The molecule has 0 bridgehead atoms. The van der Waals surface area contributed by atoms with Gasteiger partial charge in [0, 0.05) is 38.8 Å². The smallest absolute Gasteiger partial charge is 0.222 e. The van der Waals surface area contributed by atoms with Crippen LogP contribution in [0.2, 0.25) is 0 Å². The maximum atomic E-state index is 12.2. The molecule has 2 N–H and O–H groups in total. The molecule has 19 heavy (non-hydrogen) atoms. The van der Waals surface area contributed by atoms with Crippen molar-refractivity contribution in [1.29, 1.82) is 0 Å². The summed E-state index contributed by atoms with van der Waals surface area (Å²) in [4.78, 5) is 14.2. The molecule has 1 saturated heterocycles. The standard InChI is InChI=1S/C15H28N2O2/c1-17(14-8-10-19-11-9-14)15(18)7-4-12-2-5-13(16)6-3-12/h12-14H,2-11,16H2,1H3. The van der Waals surface area contributed by atoms with Crippen LogP contribution in [0.15, 0.2) is 0 Å². The Kier molecular flexibility index (Phi) is 5.64. The summed E-state index contributed by atoms with van der Waals surface area (Å²) in [7, 11) is 1.95. The first-order valence-corrected chi connectivity index (χ1v) is 7.76. The van der Waals surface area contributed by atoms with Crippen molar-refractivity contribution < 1.29 is 9.53 Å². The van der Waals surface area contributed by atoms with Crippen molar-refractivity contribution >= 4 is 5.91 Å². The fourth-order valence-electron chi connectivity index (χ4n) is 3.26. The maximum Gasteiger partial charge on any atom is 0.222 e. The van der Waals surface area contributed by atoms with Crippen LogP contribution < -0.4 is 5.73 Å². The van der Waals surface area contributed by atoms with Crippen molar-refractivity contribution in [2.45, 2.75) is 63.5 Å². The zero-order valence-corrected chi connectivity index (χ0v) is 12.1. The number of nitrogens with zero attached hydrogens (tertiary/aromatic N) is 1. The summed E-state index contributed by atoms with van der Waals surface area (Å²) in [5, 5.41) is 0. The highest BCUT2D eigenvalue weighted by atomic mass is 16.5. The maximum absolute atomic E-state index is 12.2. The van der Waals surface area contributed by atoms with Gasteiger partial charge in [-0.05, 0) is 50.9 Å². The number of ether oxygens (including phenoxy) is 1. The molecule has 1 aliphatic heterocycles. The van der Waals surface area contributed by atoms with Crippen LogP contribution in [-0.4, -0.2) is 43.2 Å². The van der Waals surface area contributed by atoms with Gasteiger partial charge in [0.05, 0.1) is 0 Å². The molecule has 0 radical (unpaired) electrons. The van der Waals surface area contributed by atoms with Crippen molar-refractivity contribution in [3.63, 3.8) is 0 Å². The fraction of sp³-hybridized carbons (Fsp3) is 0.933. The van der Waals surface area contributed by atoms with Crippen LogP contribution in [0.4, 0.5) is 0 Å². The number of hydrogen-bond acceptors (Lipinski definition) is 3. The molecule has 1 amide bonds. The largest absolute Gasteiger partial charge is 0.381 e. The molecule has 1 heterocycles. The van der Waals surface area contributed by atoms with Gasteiger partial charge in [0.1, 0.15) is 0 Å². The highest BCUT2D eigenvalue weighted by molar-refractivity contribution is 5.76. The zero-order valence-electron chi connectivity index (χ0n) is 12.1. The number of nitrogens with two attached hydrogens (primary N) is 1. The summed E-state index contributed by atoms with van der Waals surface area (Å²) in [6, 6.07) is 0.790. The van der Waals surface area contributed by atoms with Crippen LogP contribution in [0.1, 0.15) is 51.4 Å². The topological polar surface area (TPSA) is 55.6 Å². The van der Waals surface area contributed by atoms with E-state index in [0.29, 0.717) is 30.3 Å². The molecule has 0 spiro atoms. The fourth-order valence-corrected chi connectivity index (χ4v) is 3.26. The van der Waals surface area contributed by atoms with Crippen molar-refractivity contribution in [2.75, 3.05) is 20.3 Å². The predicted molar refractivity (Wildman–Crippen MR) is 75.8 cm³/mol. The monoisotopic (exact) mass is 268 g/mol. The van der Waals surface area contributed by atoms with Gasteiger partial charge in [0.2, 0.25) is 5.91 Å². The predicted octanol–water partition coefficient (Wildman–Crippen LogP) is 1.92. The SMILES string of the molecule is CN(C(=O)CCC1CCC(N)CC1)C1CCOCC1.